The first-order valence-corrected chi connectivity index (χ1v) is 8.08. The Morgan fingerprint density at radius 3 is 2.58 bits per heavy atom. The summed E-state index contributed by atoms with van der Waals surface area (Å²) < 4.78 is 5.49. The van der Waals surface area contributed by atoms with Gasteiger partial charge in [-0.3, -0.25) is 0 Å². The molecule has 0 spiro atoms. The number of hydrogen-bond donors (Lipinski definition) is 2. The van der Waals surface area contributed by atoms with Gasteiger partial charge in [-0.15, -0.1) is 0 Å². The van der Waals surface area contributed by atoms with Gasteiger partial charge < -0.3 is 24.7 Å². The average Bonchev–Trinajstić information content (AvgIpc) is 2.51. The Kier molecular flexibility index (Phi) is 5.48. The van der Waals surface area contributed by atoms with Crippen LogP contribution in [0.3, 0.4) is 0 Å². The number of aromatic nitrogens is 2. The number of aliphatic hydroxyl groups is 1. The van der Waals surface area contributed by atoms with E-state index in [9.17, 15) is 9.90 Å². The van der Waals surface area contributed by atoms with Crippen LogP contribution >= 0.6 is 0 Å². The normalized spacial score (nSPS) is 21.7. The Labute approximate surface area is 142 Å². The fourth-order valence-corrected chi connectivity index (χ4v) is 3.45. The Morgan fingerprint density at radius 1 is 1.33 bits per heavy atom. The quantitative estimate of drug-likeness (QED) is 0.857. The number of rotatable bonds is 4. The predicted octanol–water partition coefficient (Wildman–Crippen LogP) is 1.45. The summed E-state index contributed by atoms with van der Waals surface area (Å²) >= 11 is 0. The van der Waals surface area contributed by atoms with E-state index in [1.54, 1.807) is 6.20 Å². The number of carboxylic acid groups (broad SMARTS) is 1. The van der Waals surface area contributed by atoms with Crippen LogP contribution in [0, 0.1) is 5.41 Å². The molecule has 1 unspecified atom stereocenters. The Morgan fingerprint density at radius 2 is 2.00 bits per heavy atom. The number of amides is 1. The minimum absolute atomic E-state index is 0.0944. The molecule has 1 aromatic heterocycles. The number of piperazine rings is 1. The summed E-state index contributed by atoms with van der Waals surface area (Å²) in [5.41, 5.74) is -0.231. The van der Waals surface area contributed by atoms with Crippen LogP contribution in [-0.4, -0.2) is 69.6 Å². The molecule has 0 aromatic carbocycles. The van der Waals surface area contributed by atoms with Gasteiger partial charge in [0.1, 0.15) is 6.61 Å². The fraction of sp³-hybridized carbons (Fsp3) is 0.688. The molecule has 0 bridgehead atoms. The molecule has 2 N–H and O–H groups in total. The van der Waals surface area contributed by atoms with Gasteiger partial charge >= 0.3 is 6.09 Å². The lowest BCUT2D eigenvalue weighted by molar-refractivity contribution is 0.0559. The summed E-state index contributed by atoms with van der Waals surface area (Å²) in [6.07, 6.45) is 2.22. The molecule has 24 heavy (non-hydrogen) atoms. The molecule has 1 aliphatic rings. The van der Waals surface area contributed by atoms with Crippen molar-refractivity contribution >= 4 is 11.9 Å². The molecule has 8 heteroatoms. The molecule has 1 fully saturated rings. The molecule has 2 heterocycles. The van der Waals surface area contributed by atoms with E-state index in [1.807, 2.05) is 32.6 Å². The van der Waals surface area contributed by atoms with Crippen LogP contribution in [0.5, 0.6) is 5.88 Å². The highest BCUT2D eigenvalue weighted by Gasteiger charge is 2.44. The molecule has 1 aromatic rings. The van der Waals surface area contributed by atoms with E-state index in [4.69, 9.17) is 9.84 Å². The van der Waals surface area contributed by atoms with Crippen LogP contribution < -0.4 is 9.64 Å². The molecule has 2 atom stereocenters. The standard InChI is InChI=1S/C16H26N4O4/c1-11-12(16(2,3)4)20(15(22)23)8-7-19(11)13-14(24-10-9-21)18-6-5-17-13/h5-6,11-12,21H,7-10H2,1-4H3,(H,22,23)/t11-,12?/m1/s1. The Bertz CT molecular complexity index is 575. The summed E-state index contributed by atoms with van der Waals surface area (Å²) in [5.74, 6) is 0.938. The third kappa shape index (κ3) is 3.69. The molecule has 1 saturated heterocycles. The van der Waals surface area contributed by atoms with E-state index in [2.05, 4.69) is 9.97 Å². The minimum Gasteiger partial charge on any atom is -0.473 e. The maximum atomic E-state index is 11.6. The van der Waals surface area contributed by atoms with Crippen molar-refractivity contribution in [2.75, 3.05) is 31.2 Å². The molecule has 8 nitrogen and oxygen atoms in total. The van der Waals surface area contributed by atoms with Gasteiger partial charge in [0.2, 0.25) is 0 Å². The molecular formula is C16H26N4O4. The molecule has 134 valence electrons. The number of aliphatic hydroxyl groups excluding tert-OH is 1. The van der Waals surface area contributed by atoms with Crippen molar-refractivity contribution in [2.24, 2.45) is 5.41 Å². The first kappa shape index (κ1) is 18.3. The second-order valence-electron chi connectivity index (χ2n) is 6.98. The van der Waals surface area contributed by atoms with E-state index in [0.29, 0.717) is 24.8 Å². The van der Waals surface area contributed by atoms with E-state index in [1.165, 1.54) is 11.1 Å². The number of ether oxygens (including phenoxy) is 1. The molecule has 1 amide bonds. The van der Waals surface area contributed by atoms with Gasteiger partial charge in [-0.1, -0.05) is 20.8 Å². The van der Waals surface area contributed by atoms with Gasteiger partial charge in [-0.05, 0) is 12.3 Å². The van der Waals surface area contributed by atoms with Crippen molar-refractivity contribution < 1.29 is 19.7 Å². The minimum atomic E-state index is -0.905. The van der Waals surface area contributed by atoms with Gasteiger partial charge in [0.15, 0.2) is 5.82 Å². The highest BCUT2D eigenvalue weighted by Crippen LogP contribution is 2.35. The lowest BCUT2D eigenvalue weighted by Gasteiger charge is -2.50. The zero-order valence-corrected chi connectivity index (χ0v) is 14.6. The topological polar surface area (TPSA) is 99.0 Å². The van der Waals surface area contributed by atoms with Gasteiger partial charge in [-0.25, -0.2) is 14.8 Å². The summed E-state index contributed by atoms with van der Waals surface area (Å²) in [5, 5.41) is 18.5. The predicted molar refractivity (Wildman–Crippen MR) is 89.4 cm³/mol. The van der Waals surface area contributed by atoms with E-state index < -0.39 is 6.09 Å². The number of hydrogen-bond acceptors (Lipinski definition) is 6. The molecule has 0 radical (unpaired) electrons. The van der Waals surface area contributed by atoms with Crippen LogP contribution in [0.2, 0.25) is 0 Å². The largest absolute Gasteiger partial charge is 0.473 e. The molecule has 0 aliphatic carbocycles. The molecule has 1 aliphatic heterocycles. The van der Waals surface area contributed by atoms with Gasteiger partial charge in [-0.2, -0.15) is 0 Å². The highest BCUT2D eigenvalue weighted by atomic mass is 16.5. The second kappa shape index (κ2) is 7.21. The zero-order valence-electron chi connectivity index (χ0n) is 14.6. The van der Waals surface area contributed by atoms with E-state index >= 15 is 0 Å². The summed E-state index contributed by atoms with van der Waals surface area (Å²) in [6.45, 7) is 9.02. The first-order chi connectivity index (χ1) is 11.3. The van der Waals surface area contributed by atoms with E-state index in [0.717, 1.165) is 0 Å². The average molecular weight is 338 g/mol. The van der Waals surface area contributed by atoms with Crippen molar-refractivity contribution in [2.45, 2.75) is 39.8 Å². The van der Waals surface area contributed by atoms with Crippen LogP contribution in [0.4, 0.5) is 10.6 Å². The monoisotopic (exact) mass is 338 g/mol. The second-order valence-corrected chi connectivity index (χ2v) is 6.98. The number of anilines is 1. The third-order valence-corrected chi connectivity index (χ3v) is 4.25. The smallest absolute Gasteiger partial charge is 0.407 e. The van der Waals surface area contributed by atoms with Crippen molar-refractivity contribution in [3.63, 3.8) is 0 Å². The number of nitrogens with zero attached hydrogens (tertiary/aromatic N) is 4. The summed E-state index contributed by atoms with van der Waals surface area (Å²) in [4.78, 5) is 23.8. The molecular weight excluding hydrogens is 312 g/mol. The highest BCUT2D eigenvalue weighted by molar-refractivity contribution is 5.66. The van der Waals surface area contributed by atoms with Crippen molar-refractivity contribution in [3.8, 4) is 5.88 Å². The Balaban J connectivity index is 2.34. The lowest BCUT2D eigenvalue weighted by atomic mass is 9.80. The lowest BCUT2D eigenvalue weighted by Crippen LogP contribution is -2.64. The van der Waals surface area contributed by atoms with Gasteiger partial charge in [0.25, 0.3) is 5.88 Å². The third-order valence-electron chi connectivity index (χ3n) is 4.25. The van der Waals surface area contributed by atoms with Crippen LogP contribution in [-0.2, 0) is 0 Å². The van der Waals surface area contributed by atoms with Crippen LogP contribution in [0.15, 0.2) is 12.4 Å². The SMILES string of the molecule is C[C@@H]1C(C(C)(C)C)N(C(=O)O)CCN1c1nccnc1OCCO. The van der Waals surface area contributed by atoms with Gasteiger partial charge in [0.05, 0.1) is 12.6 Å². The van der Waals surface area contributed by atoms with Crippen molar-refractivity contribution in [3.05, 3.63) is 12.4 Å². The summed E-state index contributed by atoms with van der Waals surface area (Å²) in [6, 6.07) is -0.292. The maximum absolute atomic E-state index is 11.6. The van der Waals surface area contributed by atoms with Crippen molar-refractivity contribution in [1.82, 2.24) is 14.9 Å². The summed E-state index contributed by atoms with van der Waals surface area (Å²) in [7, 11) is 0. The number of carbonyl (C=O) groups is 1. The van der Waals surface area contributed by atoms with Crippen molar-refractivity contribution in [1.29, 1.82) is 0 Å². The molecule has 0 saturated carbocycles. The zero-order chi connectivity index (χ0) is 17.9. The fourth-order valence-electron chi connectivity index (χ4n) is 3.45. The maximum Gasteiger partial charge on any atom is 0.407 e. The first-order valence-electron chi connectivity index (χ1n) is 8.08. The van der Waals surface area contributed by atoms with Crippen LogP contribution in [0.1, 0.15) is 27.7 Å². The Hall–Kier alpha value is -2.09. The molecule has 2 rings (SSSR count). The van der Waals surface area contributed by atoms with Crippen LogP contribution in [0.25, 0.3) is 0 Å². The van der Waals surface area contributed by atoms with Gasteiger partial charge in [0, 0.05) is 31.5 Å². The van der Waals surface area contributed by atoms with E-state index in [-0.39, 0.29) is 30.7 Å².